The van der Waals surface area contributed by atoms with Crippen LogP contribution in [0, 0.1) is 17.7 Å². The Balaban J connectivity index is 1.42. The Labute approximate surface area is 192 Å². The van der Waals surface area contributed by atoms with Crippen LogP contribution < -0.4 is 14.9 Å². The summed E-state index contributed by atoms with van der Waals surface area (Å²) < 4.78 is 31.0. The van der Waals surface area contributed by atoms with Gasteiger partial charge in [-0.2, -0.15) is 5.10 Å². The van der Waals surface area contributed by atoms with Gasteiger partial charge < -0.3 is 18.8 Å². The average molecular weight is 450 g/mol. The first-order chi connectivity index (χ1) is 16.1. The lowest BCUT2D eigenvalue weighted by molar-refractivity contribution is -0.0336. The van der Waals surface area contributed by atoms with Crippen LogP contribution in [-0.2, 0) is 6.54 Å². The molecule has 4 aliphatic rings. The van der Waals surface area contributed by atoms with Crippen molar-refractivity contribution < 1.29 is 18.3 Å². The molecule has 2 bridgehead atoms. The van der Waals surface area contributed by atoms with Crippen LogP contribution in [0.1, 0.15) is 43.4 Å². The molecule has 0 radical (unpaired) electrons. The number of ether oxygens (including phenoxy) is 2. The summed E-state index contributed by atoms with van der Waals surface area (Å²) in [6, 6.07) is 12.4. The van der Waals surface area contributed by atoms with E-state index in [0.717, 1.165) is 34.7 Å². The Morgan fingerprint density at radius 1 is 1.09 bits per heavy atom. The number of hydrazone groups is 1. The number of hydrogen-bond acceptors (Lipinski definition) is 6. The normalized spacial score (nSPS) is 26.0. The Hall–Kier alpha value is -3.22. The molecule has 6 nitrogen and oxygen atoms in total. The standard InChI is InChI=1S/C26H28FN3O3/c1-31-21-9-5-17(23(13-21)32-2)15-30-25(24-12-18-11-20(27)8-10-22(18)33-24)28-29-26(30)14-16-3-6-19(26)7-4-16/h5,8-13,16,19,29H,3-4,6-7,14-15H2,1-2H3/t16?,19?,26-/m1/s1. The van der Waals surface area contributed by atoms with Gasteiger partial charge in [0, 0.05) is 22.9 Å². The number of furan rings is 1. The lowest BCUT2D eigenvalue weighted by Gasteiger charge is -2.53. The Morgan fingerprint density at radius 3 is 2.67 bits per heavy atom. The van der Waals surface area contributed by atoms with Crippen LogP contribution in [0.2, 0.25) is 0 Å². The van der Waals surface area contributed by atoms with Crippen molar-refractivity contribution in [3.63, 3.8) is 0 Å². The summed E-state index contributed by atoms with van der Waals surface area (Å²) in [5.74, 6) is 3.88. The molecule has 3 aliphatic carbocycles. The molecular formula is C26H28FN3O3. The average Bonchev–Trinajstić information content (AvgIpc) is 3.41. The van der Waals surface area contributed by atoms with Gasteiger partial charge in [0.2, 0.25) is 0 Å². The van der Waals surface area contributed by atoms with Crippen molar-refractivity contribution in [1.82, 2.24) is 10.3 Å². The Bertz CT molecular complexity index is 1230. The molecule has 7 heteroatoms. The van der Waals surface area contributed by atoms with Crippen molar-refractivity contribution in [3.8, 4) is 11.5 Å². The molecule has 3 fully saturated rings. The second kappa shape index (κ2) is 7.68. The quantitative estimate of drug-likeness (QED) is 0.576. The number of nitrogens with one attached hydrogen (secondary N) is 1. The number of hydrogen-bond donors (Lipinski definition) is 1. The summed E-state index contributed by atoms with van der Waals surface area (Å²) in [7, 11) is 3.34. The molecule has 1 N–H and O–H groups in total. The highest BCUT2D eigenvalue weighted by atomic mass is 19.1. The summed E-state index contributed by atoms with van der Waals surface area (Å²) in [5.41, 5.74) is 5.02. The number of benzene rings is 2. The lowest BCUT2D eigenvalue weighted by atomic mass is 9.63. The second-order valence-electron chi connectivity index (χ2n) is 9.45. The van der Waals surface area contributed by atoms with Crippen molar-refractivity contribution in [2.24, 2.45) is 16.9 Å². The van der Waals surface area contributed by atoms with Gasteiger partial charge in [-0.15, -0.1) is 0 Å². The maximum Gasteiger partial charge on any atom is 0.193 e. The van der Waals surface area contributed by atoms with Gasteiger partial charge in [0.15, 0.2) is 11.6 Å². The Kier molecular flexibility index (Phi) is 4.75. The Morgan fingerprint density at radius 2 is 1.94 bits per heavy atom. The molecule has 1 atom stereocenters. The van der Waals surface area contributed by atoms with E-state index in [1.54, 1.807) is 20.3 Å². The highest BCUT2D eigenvalue weighted by Gasteiger charge is 2.55. The monoisotopic (exact) mass is 449 g/mol. The first kappa shape index (κ1) is 20.4. The molecule has 0 unspecified atom stereocenters. The van der Waals surface area contributed by atoms with Crippen LogP contribution in [0.25, 0.3) is 11.0 Å². The number of amidine groups is 1. The SMILES string of the molecule is COc1ccc(CN2C(c3cc4cc(F)ccc4o3)=NN[C@]23CC2CCC3CC2)c(OC)c1. The molecule has 2 heterocycles. The van der Waals surface area contributed by atoms with E-state index in [-0.39, 0.29) is 11.5 Å². The molecule has 1 aliphatic heterocycles. The fraction of sp³-hybridized carbons (Fsp3) is 0.423. The van der Waals surface area contributed by atoms with Crippen molar-refractivity contribution in [1.29, 1.82) is 0 Å². The van der Waals surface area contributed by atoms with Crippen molar-refractivity contribution in [3.05, 3.63) is 59.6 Å². The molecule has 7 rings (SSSR count). The third-order valence-electron chi connectivity index (χ3n) is 7.74. The van der Waals surface area contributed by atoms with Crippen molar-refractivity contribution in [2.75, 3.05) is 14.2 Å². The van der Waals surface area contributed by atoms with E-state index in [1.165, 1.54) is 37.8 Å². The van der Waals surface area contributed by atoms with Gasteiger partial charge in [-0.3, -0.25) is 5.43 Å². The summed E-state index contributed by atoms with van der Waals surface area (Å²) in [6.07, 6.45) is 6.02. The fourth-order valence-electron chi connectivity index (χ4n) is 6.06. The third kappa shape index (κ3) is 3.24. The molecule has 2 aromatic carbocycles. The first-order valence-electron chi connectivity index (χ1n) is 11.6. The highest BCUT2D eigenvalue weighted by molar-refractivity contribution is 6.01. The molecular weight excluding hydrogens is 421 g/mol. The minimum atomic E-state index is -0.276. The number of rotatable bonds is 5. The van der Waals surface area contributed by atoms with Crippen LogP contribution in [0.4, 0.5) is 4.39 Å². The van der Waals surface area contributed by atoms with Crippen LogP contribution in [0.15, 0.2) is 52.0 Å². The van der Waals surface area contributed by atoms with E-state index >= 15 is 0 Å². The van der Waals surface area contributed by atoms with Gasteiger partial charge in [-0.05, 0) is 74.4 Å². The predicted molar refractivity (Wildman–Crippen MR) is 124 cm³/mol. The first-order valence-corrected chi connectivity index (χ1v) is 11.6. The molecule has 33 heavy (non-hydrogen) atoms. The summed E-state index contributed by atoms with van der Waals surface area (Å²) >= 11 is 0. The maximum absolute atomic E-state index is 13.8. The summed E-state index contributed by atoms with van der Waals surface area (Å²) in [6.45, 7) is 0.619. The smallest absolute Gasteiger partial charge is 0.193 e. The molecule has 172 valence electrons. The van der Waals surface area contributed by atoms with E-state index in [2.05, 4.69) is 16.4 Å². The van der Waals surface area contributed by atoms with Gasteiger partial charge in [-0.1, -0.05) is 0 Å². The zero-order valence-electron chi connectivity index (χ0n) is 18.9. The zero-order chi connectivity index (χ0) is 22.6. The summed E-state index contributed by atoms with van der Waals surface area (Å²) in [4.78, 5) is 2.36. The lowest BCUT2D eigenvalue weighted by Crippen LogP contribution is -2.63. The number of fused-ring (bicyclic) bond motifs is 3. The zero-order valence-corrected chi connectivity index (χ0v) is 18.9. The fourth-order valence-corrected chi connectivity index (χ4v) is 6.06. The molecule has 3 saturated carbocycles. The largest absolute Gasteiger partial charge is 0.497 e. The van der Waals surface area contributed by atoms with Gasteiger partial charge in [-0.25, -0.2) is 4.39 Å². The predicted octanol–water partition coefficient (Wildman–Crippen LogP) is 5.26. The molecule has 1 aromatic heterocycles. The van der Waals surface area contributed by atoms with Gasteiger partial charge in [0.05, 0.1) is 20.8 Å². The second-order valence-corrected chi connectivity index (χ2v) is 9.45. The van der Waals surface area contributed by atoms with Crippen molar-refractivity contribution in [2.45, 2.75) is 44.3 Å². The highest BCUT2D eigenvalue weighted by Crippen LogP contribution is 2.51. The minimum absolute atomic E-state index is 0.244. The van der Waals surface area contributed by atoms with Gasteiger partial charge >= 0.3 is 0 Å². The van der Waals surface area contributed by atoms with Crippen molar-refractivity contribution >= 4 is 16.8 Å². The van der Waals surface area contributed by atoms with E-state index in [4.69, 9.17) is 19.0 Å². The van der Waals surface area contributed by atoms with E-state index in [0.29, 0.717) is 29.7 Å². The van der Waals surface area contributed by atoms with E-state index < -0.39 is 0 Å². The third-order valence-corrected chi connectivity index (χ3v) is 7.74. The van der Waals surface area contributed by atoms with Crippen LogP contribution in [0.3, 0.4) is 0 Å². The molecule has 1 spiro atoms. The molecule has 3 aromatic rings. The number of nitrogens with zero attached hydrogens (tertiary/aromatic N) is 2. The molecule has 0 saturated heterocycles. The summed E-state index contributed by atoms with van der Waals surface area (Å²) in [5, 5.41) is 5.56. The van der Waals surface area contributed by atoms with Gasteiger partial charge in [0.1, 0.15) is 28.6 Å². The number of halogens is 1. The van der Waals surface area contributed by atoms with Gasteiger partial charge in [0.25, 0.3) is 0 Å². The van der Waals surface area contributed by atoms with E-state index in [1.807, 2.05) is 18.2 Å². The van der Waals surface area contributed by atoms with Crippen LogP contribution >= 0.6 is 0 Å². The van der Waals surface area contributed by atoms with Crippen LogP contribution in [0.5, 0.6) is 11.5 Å². The van der Waals surface area contributed by atoms with E-state index in [9.17, 15) is 4.39 Å². The van der Waals surface area contributed by atoms with Crippen LogP contribution in [-0.4, -0.2) is 30.6 Å². The molecule has 0 amide bonds. The maximum atomic E-state index is 13.8. The number of methoxy groups -OCH3 is 2. The topological polar surface area (TPSA) is 59.2 Å². The minimum Gasteiger partial charge on any atom is -0.497 e.